The van der Waals surface area contributed by atoms with Crippen LogP contribution in [0, 0.1) is 0 Å². The van der Waals surface area contributed by atoms with Crippen LogP contribution in [-0.2, 0) is 14.3 Å². The van der Waals surface area contributed by atoms with Crippen LogP contribution in [0.5, 0.6) is 0 Å². The summed E-state index contributed by atoms with van der Waals surface area (Å²) in [5.41, 5.74) is 3.74. The molecule has 2 aromatic rings. The van der Waals surface area contributed by atoms with Gasteiger partial charge in [0.05, 0.1) is 0 Å². The van der Waals surface area contributed by atoms with Gasteiger partial charge in [-0.1, -0.05) is 48.5 Å². The molecule has 1 aliphatic heterocycles. The van der Waals surface area contributed by atoms with Gasteiger partial charge >= 0.3 is 18.2 Å². The minimum atomic E-state index is -1.18. The van der Waals surface area contributed by atoms with E-state index in [2.05, 4.69) is 5.32 Å². The van der Waals surface area contributed by atoms with Gasteiger partial charge in [0.15, 0.2) is 0 Å². The number of hydrogen-bond donors (Lipinski definition) is 2. The molecule has 186 valence electrons. The van der Waals surface area contributed by atoms with Crippen LogP contribution in [0.25, 0.3) is 11.1 Å². The quantitative estimate of drug-likeness (QED) is 0.617. The molecule has 0 saturated carbocycles. The highest BCUT2D eigenvalue weighted by Gasteiger charge is 2.36. The summed E-state index contributed by atoms with van der Waals surface area (Å²) in [5.74, 6) is -1.29. The molecule has 0 bridgehead atoms. The van der Waals surface area contributed by atoms with Gasteiger partial charge in [-0.15, -0.1) is 0 Å². The van der Waals surface area contributed by atoms with E-state index in [-0.39, 0.29) is 25.0 Å². The third-order valence-corrected chi connectivity index (χ3v) is 6.45. The number of nitrogens with one attached hydrogen (secondary N) is 1. The Kier molecular flexibility index (Phi) is 7.00. The van der Waals surface area contributed by atoms with Gasteiger partial charge in [-0.05, 0) is 62.3 Å². The lowest BCUT2D eigenvalue weighted by Crippen LogP contribution is -2.47. The van der Waals surface area contributed by atoms with Crippen molar-refractivity contribution in [3.8, 4) is 11.1 Å². The molecule has 35 heavy (non-hydrogen) atoms. The fraction of sp³-hybridized carbons (Fsp3) is 0.444. The summed E-state index contributed by atoms with van der Waals surface area (Å²) in [7, 11) is 0. The Morgan fingerprint density at radius 2 is 1.66 bits per heavy atom. The minimum Gasteiger partial charge on any atom is -0.480 e. The van der Waals surface area contributed by atoms with E-state index in [1.807, 2.05) is 48.5 Å². The van der Waals surface area contributed by atoms with Crippen molar-refractivity contribution in [2.24, 2.45) is 0 Å². The molecule has 2 amide bonds. The molecule has 0 radical (unpaired) electrons. The Morgan fingerprint density at radius 3 is 2.23 bits per heavy atom. The van der Waals surface area contributed by atoms with Crippen LogP contribution in [0.2, 0.25) is 0 Å². The van der Waals surface area contributed by atoms with Crippen molar-refractivity contribution in [1.29, 1.82) is 0 Å². The Balaban J connectivity index is 1.38. The highest BCUT2D eigenvalue weighted by Crippen LogP contribution is 2.44. The van der Waals surface area contributed by atoms with Crippen LogP contribution in [0.1, 0.15) is 57.1 Å². The van der Waals surface area contributed by atoms with Crippen molar-refractivity contribution >= 4 is 18.2 Å². The lowest BCUT2D eigenvalue weighted by atomic mass is 9.98. The van der Waals surface area contributed by atoms with Gasteiger partial charge < -0.3 is 24.8 Å². The molecule has 4 rings (SSSR count). The number of nitrogens with zero attached hydrogens (tertiary/aromatic N) is 1. The summed E-state index contributed by atoms with van der Waals surface area (Å²) in [6.07, 6.45) is 0.224. The lowest BCUT2D eigenvalue weighted by Gasteiger charge is -2.30. The SMILES string of the molecule is CC(C)(C)OC(=O)N1CCC[C@H]1C[C@H](NC(=O)OCC1c2ccccc2-c2ccccc21)C(=O)O. The van der Waals surface area contributed by atoms with E-state index in [0.717, 1.165) is 28.7 Å². The number of alkyl carbamates (subject to hydrolysis) is 1. The number of ether oxygens (including phenoxy) is 2. The van der Waals surface area contributed by atoms with Crippen LogP contribution < -0.4 is 5.32 Å². The van der Waals surface area contributed by atoms with E-state index in [9.17, 15) is 19.5 Å². The molecule has 0 spiro atoms. The molecule has 1 heterocycles. The number of aliphatic carboxylic acids is 1. The van der Waals surface area contributed by atoms with E-state index in [1.54, 1.807) is 25.7 Å². The second-order valence-corrected chi connectivity index (χ2v) is 10.1. The Labute approximate surface area is 205 Å². The summed E-state index contributed by atoms with van der Waals surface area (Å²) in [5, 5.41) is 12.2. The number of likely N-dealkylation sites (tertiary alicyclic amines) is 1. The monoisotopic (exact) mass is 480 g/mol. The van der Waals surface area contributed by atoms with E-state index in [0.29, 0.717) is 13.0 Å². The second-order valence-electron chi connectivity index (χ2n) is 10.1. The predicted molar refractivity (Wildman–Crippen MR) is 130 cm³/mol. The Hall–Kier alpha value is -3.55. The van der Waals surface area contributed by atoms with Gasteiger partial charge in [-0.2, -0.15) is 0 Å². The standard InChI is InChI=1S/C27H32N2O6/c1-27(2,3)35-26(33)29-14-8-9-17(29)15-23(24(30)31)28-25(32)34-16-22-20-12-6-4-10-18(20)19-11-5-7-13-21(19)22/h4-7,10-13,17,22-23H,8-9,14-16H2,1-3H3,(H,28,32)(H,30,31)/t17-,23-/m0/s1. The van der Waals surface area contributed by atoms with Crippen molar-refractivity contribution in [2.45, 2.75) is 63.6 Å². The fourth-order valence-corrected chi connectivity index (χ4v) is 4.92. The summed E-state index contributed by atoms with van der Waals surface area (Å²) in [6, 6.07) is 14.5. The number of carbonyl (C=O) groups is 3. The maximum atomic E-state index is 12.6. The van der Waals surface area contributed by atoms with Gasteiger partial charge in [0.2, 0.25) is 0 Å². The number of amides is 2. The lowest BCUT2D eigenvalue weighted by molar-refractivity contribution is -0.139. The van der Waals surface area contributed by atoms with Gasteiger partial charge in [0, 0.05) is 18.5 Å². The fourth-order valence-electron chi connectivity index (χ4n) is 4.92. The van der Waals surface area contributed by atoms with Crippen LogP contribution in [-0.4, -0.2) is 59.0 Å². The molecule has 0 unspecified atom stereocenters. The van der Waals surface area contributed by atoms with Crippen molar-refractivity contribution in [3.63, 3.8) is 0 Å². The number of carboxylic acids is 1. The molecule has 0 aromatic heterocycles. The second kappa shape index (κ2) is 9.98. The van der Waals surface area contributed by atoms with Gasteiger partial charge in [-0.25, -0.2) is 14.4 Å². The van der Waals surface area contributed by atoms with E-state index in [4.69, 9.17) is 9.47 Å². The number of carboxylic acid groups (broad SMARTS) is 1. The van der Waals surface area contributed by atoms with E-state index in [1.165, 1.54) is 0 Å². The Bertz CT molecular complexity index is 1060. The molecule has 1 fully saturated rings. The first kappa shape index (κ1) is 24.6. The summed E-state index contributed by atoms with van der Waals surface area (Å²) in [4.78, 5) is 38.6. The first-order chi connectivity index (χ1) is 16.6. The number of carbonyl (C=O) groups excluding carboxylic acids is 2. The van der Waals surface area contributed by atoms with Gasteiger partial charge in [0.25, 0.3) is 0 Å². The summed E-state index contributed by atoms with van der Waals surface area (Å²) in [6.45, 7) is 5.95. The summed E-state index contributed by atoms with van der Waals surface area (Å²) >= 11 is 0. The van der Waals surface area contributed by atoms with Crippen molar-refractivity contribution in [2.75, 3.05) is 13.2 Å². The van der Waals surface area contributed by atoms with Gasteiger partial charge in [-0.3, -0.25) is 0 Å². The third kappa shape index (κ3) is 5.58. The molecular weight excluding hydrogens is 448 g/mol. The number of benzene rings is 2. The molecule has 1 saturated heterocycles. The van der Waals surface area contributed by atoms with Crippen LogP contribution >= 0.6 is 0 Å². The zero-order valence-electron chi connectivity index (χ0n) is 20.3. The minimum absolute atomic E-state index is 0.0821. The third-order valence-electron chi connectivity index (χ3n) is 6.45. The Morgan fingerprint density at radius 1 is 1.06 bits per heavy atom. The van der Waals surface area contributed by atoms with E-state index < -0.39 is 29.8 Å². The first-order valence-electron chi connectivity index (χ1n) is 12.0. The maximum absolute atomic E-state index is 12.6. The van der Waals surface area contributed by atoms with Crippen LogP contribution in [0.3, 0.4) is 0 Å². The molecule has 8 heteroatoms. The molecule has 8 nitrogen and oxygen atoms in total. The molecule has 2 atom stereocenters. The highest BCUT2D eigenvalue weighted by molar-refractivity contribution is 5.81. The van der Waals surface area contributed by atoms with Gasteiger partial charge in [0.1, 0.15) is 18.2 Å². The average Bonchev–Trinajstić information content (AvgIpc) is 3.39. The van der Waals surface area contributed by atoms with Crippen LogP contribution in [0.4, 0.5) is 9.59 Å². The largest absolute Gasteiger partial charge is 0.480 e. The number of hydrogen-bond acceptors (Lipinski definition) is 5. The van der Waals surface area contributed by atoms with Crippen molar-refractivity contribution in [1.82, 2.24) is 10.2 Å². The first-order valence-corrected chi connectivity index (χ1v) is 12.0. The smallest absolute Gasteiger partial charge is 0.410 e. The summed E-state index contributed by atoms with van der Waals surface area (Å²) < 4.78 is 11.0. The normalized spacial score (nSPS) is 17.9. The molecule has 2 N–H and O–H groups in total. The van der Waals surface area contributed by atoms with Crippen molar-refractivity contribution < 1.29 is 29.0 Å². The highest BCUT2D eigenvalue weighted by atomic mass is 16.6. The van der Waals surface area contributed by atoms with E-state index >= 15 is 0 Å². The molecule has 2 aromatic carbocycles. The zero-order chi connectivity index (χ0) is 25.2. The topological polar surface area (TPSA) is 105 Å². The predicted octanol–water partition coefficient (Wildman–Crippen LogP) is 4.77. The van der Waals surface area contributed by atoms with Crippen LogP contribution in [0.15, 0.2) is 48.5 Å². The number of rotatable bonds is 6. The maximum Gasteiger partial charge on any atom is 0.410 e. The van der Waals surface area contributed by atoms with Crippen molar-refractivity contribution in [3.05, 3.63) is 59.7 Å². The molecule has 2 aliphatic rings. The molecular formula is C27H32N2O6. The average molecular weight is 481 g/mol. The molecule has 1 aliphatic carbocycles. The zero-order valence-corrected chi connectivity index (χ0v) is 20.3. The number of fused-ring (bicyclic) bond motifs is 3.